The first-order chi connectivity index (χ1) is 14.7. The van der Waals surface area contributed by atoms with E-state index in [1.54, 1.807) is 25.1 Å². The summed E-state index contributed by atoms with van der Waals surface area (Å²) in [6, 6.07) is 6.58. The molecule has 2 aromatic rings. The molecule has 0 aliphatic carbocycles. The first-order valence-electron chi connectivity index (χ1n) is 10.1. The second-order valence-electron chi connectivity index (χ2n) is 7.69. The standard InChI is InChI=1S/C21H28N4O5S/c1-14-4-5-17(12-18(14)31(28,29)22-3)23-19(26)13-25-9-6-16(7-10-25)24-21(27)20-15(2)8-11-30-20/h4-5,8,11-12,16,22H,6-7,9-10,13H2,1-3H3,(H,23,26)(H,24,27). The van der Waals surface area contributed by atoms with E-state index in [1.807, 2.05) is 11.8 Å². The number of sulfonamides is 1. The number of carbonyl (C=O) groups is 2. The highest BCUT2D eigenvalue weighted by atomic mass is 32.2. The molecule has 1 aliphatic heterocycles. The van der Waals surface area contributed by atoms with E-state index >= 15 is 0 Å². The smallest absolute Gasteiger partial charge is 0.287 e. The summed E-state index contributed by atoms with van der Waals surface area (Å²) in [7, 11) is -2.25. The fraction of sp³-hybridized carbons (Fsp3) is 0.429. The second kappa shape index (κ2) is 9.63. The molecule has 31 heavy (non-hydrogen) atoms. The van der Waals surface area contributed by atoms with Crippen LogP contribution in [0.15, 0.2) is 39.8 Å². The molecule has 0 unspecified atom stereocenters. The Kier molecular flexibility index (Phi) is 7.14. The minimum Gasteiger partial charge on any atom is -0.459 e. The first kappa shape index (κ1) is 23.0. The first-order valence-corrected chi connectivity index (χ1v) is 11.6. The molecule has 3 rings (SSSR count). The van der Waals surface area contributed by atoms with E-state index in [1.165, 1.54) is 19.4 Å². The Balaban J connectivity index is 1.50. The lowest BCUT2D eigenvalue weighted by molar-refractivity contribution is -0.117. The highest BCUT2D eigenvalue weighted by Gasteiger charge is 2.24. The highest BCUT2D eigenvalue weighted by Crippen LogP contribution is 2.20. The van der Waals surface area contributed by atoms with Crippen LogP contribution in [0.2, 0.25) is 0 Å². The summed E-state index contributed by atoms with van der Waals surface area (Å²) in [6.45, 7) is 5.06. The number of benzene rings is 1. The van der Waals surface area contributed by atoms with Gasteiger partial charge >= 0.3 is 0 Å². The van der Waals surface area contributed by atoms with Crippen LogP contribution in [0, 0.1) is 13.8 Å². The zero-order valence-corrected chi connectivity index (χ0v) is 18.7. The number of aryl methyl sites for hydroxylation is 2. The average molecular weight is 449 g/mol. The molecule has 1 fully saturated rings. The third-order valence-electron chi connectivity index (χ3n) is 5.39. The van der Waals surface area contributed by atoms with Gasteiger partial charge in [-0.05, 0) is 57.5 Å². The molecule has 2 amide bonds. The van der Waals surface area contributed by atoms with Gasteiger partial charge in [-0.15, -0.1) is 0 Å². The van der Waals surface area contributed by atoms with Crippen molar-refractivity contribution in [2.45, 2.75) is 37.6 Å². The van der Waals surface area contributed by atoms with Gasteiger partial charge in [0.15, 0.2) is 5.76 Å². The number of rotatable bonds is 7. The Morgan fingerprint density at radius 3 is 2.45 bits per heavy atom. The van der Waals surface area contributed by atoms with E-state index in [0.29, 0.717) is 30.1 Å². The Morgan fingerprint density at radius 2 is 1.84 bits per heavy atom. The molecule has 0 spiro atoms. The average Bonchev–Trinajstić information content (AvgIpc) is 3.17. The van der Waals surface area contributed by atoms with Gasteiger partial charge in [-0.3, -0.25) is 14.5 Å². The van der Waals surface area contributed by atoms with Crippen LogP contribution in [0.5, 0.6) is 0 Å². The molecular weight excluding hydrogens is 420 g/mol. The van der Waals surface area contributed by atoms with Crippen LogP contribution in [0.3, 0.4) is 0 Å². The van der Waals surface area contributed by atoms with Crippen molar-refractivity contribution >= 4 is 27.5 Å². The molecule has 1 saturated heterocycles. The number of likely N-dealkylation sites (tertiary alicyclic amines) is 1. The fourth-order valence-electron chi connectivity index (χ4n) is 3.57. The molecule has 0 radical (unpaired) electrons. The lowest BCUT2D eigenvalue weighted by Gasteiger charge is -2.31. The van der Waals surface area contributed by atoms with Crippen molar-refractivity contribution in [2.24, 2.45) is 0 Å². The second-order valence-corrected chi connectivity index (χ2v) is 9.55. The fourth-order valence-corrected chi connectivity index (χ4v) is 4.57. The van der Waals surface area contributed by atoms with E-state index in [9.17, 15) is 18.0 Å². The van der Waals surface area contributed by atoms with E-state index in [2.05, 4.69) is 15.4 Å². The Labute approximate surface area is 182 Å². The van der Waals surface area contributed by atoms with Gasteiger partial charge in [0.1, 0.15) is 0 Å². The van der Waals surface area contributed by atoms with Crippen LogP contribution < -0.4 is 15.4 Å². The van der Waals surface area contributed by atoms with Crippen molar-refractivity contribution in [2.75, 3.05) is 32.0 Å². The van der Waals surface area contributed by atoms with E-state index in [-0.39, 0.29) is 29.3 Å². The zero-order chi connectivity index (χ0) is 22.6. The summed E-state index contributed by atoms with van der Waals surface area (Å²) in [6.07, 6.45) is 2.96. The number of nitrogens with one attached hydrogen (secondary N) is 3. The topological polar surface area (TPSA) is 121 Å². The van der Waals surface area contributed by atoms with Crippen molar-refractivity contribution in [3.63, 3.8) is 0 Å². The van der Waals surface area contributed by atoms with Crippen LogP contribution in [0.4, 0.5) is 5.69 Å². The largest absolute Gasteiger partial charge is 0.459 e. The van der Waals surface area contributed by atoms with Gasteiger partial charge in [-0.2, -0.15) is 0 Å². The van der Waals surface area contributed by atoms with Crippen LogP contribution in [-0.2, 0) is 14.8 Å². The molecule has 10 heteroatoms. The van der Waals surface area contributed by atoms with Crippen LogP contribution in [-0.4, -0.2) is 57.9 Å². The number of anilines is 1. The van der Waals surface area contributed by atoms with Crippen LogP contribution >= 0.6 is 0 Å². The number of hydrogen-bond acceptors (Lipinski definition) is 6. The minimum atomic E-state index is -3.60. The number of nitrogens with zero attached hydrogens (tertiary/aromatic N) is 1. The van der Waals surface area contributed by atoms with Crippen molar-refractivity contribution in [3.8, 4) is 0 Å². The molecule has 2 heterocycles. The van der Waals surface area contributed by atoms with Crippen molar-refractivity contribution in [1.29, 1.82) is 0 Å². The van der Waals surface area contributed by atoms with Crippen LogP contribution in [0.1, 0.15) is 34.5 Å². The molecule has 0 bridgehead atoms. The maximum Gasteiger partial charge on any atom is 0.287 e. The number of hydrogen-bond donors (Lipinski definition) is 3. The lowest BCUT2D eigenvalue weighted by atomic mass is 10.0. The third-order valence-corrected chi connectivity index (χ3v) is 6.94. The maximum atomic E-state index is 12.4. The molecule has 0 atom stereocenters. The Hall–Kier alpha value is -2.69. The Morgan fingerprint density at radius 1 is 1.13 bits per heavy atom. The van der Waals surface area contributed by atoms with Crippen molar-refractivity contribution in [3.05, 3.63) is 47.4 Å². The lowest BCUT2D eigenvalue weighted by Crippen LogP contribution is -2.46. The molecule has 1 aliphatic rings. The minimum absolute atomic E-state index is 0.0303. The number of furan rings is 1. The normalized spacial score (nSPS) is 15.6. The SMILES string of the molecule is CNS(=O)(=O)c1cc(NC(=O)CN2CCC(NC(=O)c3occc3C)CC2)ccc1C. The summed E-state index contributed by atoms with van der Waals surface area (Å²) in [4.78, 5) is 26.9. The predicted molar refractivity (Wildman–Crippen MR) is 116 cm³/mol. The van der Waals surface area contributed by atoms with Crippen LogP contribution in [0.25, 0.3) is 0 Å². The van der Waals surface area contributed by atoms with E-state index < -0.39 is 10.0 Å². The molecule has 0 saturated carbocycles. The van der Waals surface area contributed by atoms with Crippen molar-refractivity contribution < 1.29 is 22.4 Å². The summed E-state index contributed by atoms with van der Waals surface area (Å²) in [5, 5.41) is 5.75. The monoisotopic (exact) mass is 448 g/mol. The zero-order valence-electron chi connectivity index (χ0n) is 17.9. The molecule has 1 aromatic heterocycles. The molecule has 1 aromatic carbocycles. The van der Waals surface area contributed by atoms with Gasteiger partial charge < -0.3 is 15.1 Å². The summed E-state index contributed by atoms with van der Waals surface area (Å²) in [5.41, 5.74) is 1.83. The van der Waals surface area contributed by atoms with E-state index in [4.69, 9.17) is 4.42 Å². The van der Waals surface area contributed by atoms with Crippen molar-refractivity contribution in [1.82, 2.24) is 14.9 Å². The van der Waals surface area contributed by atoms with Gasteiger partial charge in [0.05, 0.1) is 17.7 Å². The predicted octanol–water partition coefficient (Wildman–Crippen LogP) is 1.64. The molecule has 3 N–H and O–H groups in total. The van der Waals surface area contributed by atoms with Gasteiger partial charge in [-0.1, -0.05) is 6.07 Å². The maximum absolute atomic E-state index is 12.4. The summed E-state index contributed by atoms with van der Waals surface area (Å²) >= 11 is 0. The van der Waals surface area contributed by atoms with Gasteiger partial charge in [0, 0.05) is 30.4 Å². The van der Waals surface area contributed by atoms with E-state index in [0.717, 1.165) is 18.4 Å². The van der Waals surface area contributed by atoms with Gasteiger partial charge in [-0.25, -0.2) is 13.1 Å². The van der Waals surface area contributed by atoms with Gasteiger partial charge in [0.25, 0.3) is 5.91 Å². The highest BCUT2D eigenvalue weighted by molar-refractivity contribution is 7.89. The summed E-state index contributed by atoms with van der Waals surface area (Å²) < 4.78 is 31.7. The Bertz CT molecular complexity index is 1060. The molecular formula is C21H28N4O5S. The number of amides is 2. The number of carbonyl (C=O) groups excluding carboxylic acids is 2. The number of piperidine rings is 1. The molecule has 168 valence electrons. The molecule has 9 nitrogen and oxygen atoms in total. The third kappa shape index (κ3) is 5.72. The summed E-state index contributed by atoms with van der Waals surface area (Å²) in [5.74, 6) is -0.102. The quantitative estimate of drug-likeness (QED) is 0.592. The van der Waals surface area contributed by atoms with Gasteiger partial charge in [0.2, 0.25) is 15.9 Å².